The van der Waals surface area contributed by atoms with Crippen LogP contribution in [0.5, 0.6) is 0 Å². The van der Waals surface area contributed by atoms with Crippen LogP contribution in [-0.2, 0) is 57.5 Å². The van der Waals surface area contributed by atoms with Gasteiger partial charge in [0, 0.05) is 37.6 Å². The molecule has 240 valence electrons. The largest absolute Gasteiger partial charge is 0.465 e. The number of hydrogen-bond donors (Lipinski definition) is 0. The first-order valence-corrected chi connectivity index (χ1v) is 17.8. The van der Waals surface area contributed by atoms with Crippen LogP contribution in [-0.4, -0.2) is 104 Å². The Hall–Kier alpha value is -2.43. The number of rotatable bonds is 17. The summed E-state index contributed by atoms with van der Waals surface area (Å²) < 4.78 is 21.7. The minimum atomic E-state index is -2.08. The molecule has 2 aliphatic heterocycles. The Balaban J connectivity index is 1.56. The highest BCUT2D eigenvalue weighted by atomic mass is 32.7. The van der Waals surface area contributed by atoms with Crippen LogP contribution in [0.4, 0.5) is 4.20 Å². The van der Waals surface area contributed by atoms with Gasteiger partial charge in [0.25, 0.3) is 23.6 Å². The zero-order valence-electron chi connectivity index (χ0n) is 23.9. The fourth-order valence-corrected chi connectivity index (χ4v) is 6.55. The average Bonchev–Trinajstić information content (AvgIpc) is 3.43. The SMILES string of the molecule is CC(C)(SCC(=O)OCCSP(F)CCOC(=O)CSC(C)(C)C(=O)ON1C(=O)CCC1=O)C(=O)ON1C(=O)CCC1=O. The molecule has 0 aromatic carbocycles. The van der Waals surface area contributed by atoms with E-state index in [1.165, 1.54) is 27.7 Å². The van der Waals surface area contributed by atoms with Gasteiger partial charge in [0.1, 0.15) is 23.5 Å². The van der Waals surface area contributed by atoms with Crippen LogP contribution < -0.4 is 0 Å². The summed E-state index contributed by atoms with van der Waals surface area (Å²) in [5, 5.41) is 0.857. The van der Waals surface area contributed by atoms with Crippen molar-refractivity contribution in [3.63, 3.8) is 0 Å². The lowest BCUT2D eigenvalue weighted by Crippen LogP contribution is -2.40. The minimum Gasteiger partial charge on any atom is -0.465 e. The summed E-state index contributed by atoms with van der Waals surface area (Å²) >= 11 is 2.68. The highest BCUT2D eigenvalue weighted by molar-refractivity contribution is 8.54. The van der Waals surface area contributed by atoms with Crippen LogP contribution in [0.2, 0.25) is 0 Å². The lowest BCUT2D eigenvalue weighted by molar-refractivity contribution is -0.198. The maximum atomic E-state index is 14.2. The molecule has 1 atom stereocenters. The Labute approximate surface area is 260 Å². The average molecular weight is 687 g/mol. The molecule has 0 aliphatic carbocycles. The van der Waals surface area contributed by atoms with E-state index in [1.54, 1.807) is 0 Å². The third-order valence-electron chi connectivity index (χ3n) is 5.55. The Morgan fingerprint density at radius 3 is 1.49 bits per heavy atom. The Morgan fingerprint density at radius 1 is 0.721 bits per heavy atom. The number of hydroxylamine groups is 4. The molecule has 14 nitrogen and oxygen atoms in total. The van der Waals surface area contributed by atoms with Crippen LogP contribution in [0.25, 0.3) is 0 Å². The number of halogens is 1. The minimum absolute atomic E-state index is 0.0383. The summed E-state index contributed by atoms with van der Waals surface area (Å²) in [4.78, 5) is 105. The smallest absolute Gasteiger partial charge is 0.348 e. The van der Waals surface area contributed by atoms with E-state index in [0.29, 0.717) is 10.1 Å². The van der Waals surface area contributed by atoms with Gasteiger partial charge in [-0.25, -0.2) is 13.8 Å². The van der Waals surface area contributed by atoms with Crippen LogP contribution in [0.1, 0.15) is 53.4 Å². The monoisotopic (exact) mass is 686 g/mol. The number of carbonyl (C=O) groups excluding carboxylic acids is 8. The van der Waals surface area contributed by atoms with Crippen molar-refractivity contribution < 1.29 is 61.7 Å². The van der Waals surface area contributed by atoms with E-state index in [1.807, 2.05) is 0 Å². The standard InChI is InChI=1S/C24H32FN2O12PS3/c1-23(2,21(34)38-26-15(28)5-6-16(26)29)41-13-19(32)36-9-11-40(25)43-12-10-37-20(33)14-42-24(3,4)22(35)39-27-17(30)7-8-18(27)31/h5-14H2,1-4H3. The fraction of sp³-hybridized carbons (Fsp3) is 0.667. The number of thioether (sulfide) groups is 2. The molecule has 0 N–H and O–H groups in total. The quantitative estimate of drug-likeness (QED) is 0.0941. The van der Waals surface area contributed by atoms with Gasteiger partial charge in [-0.3, -0.25) is 28.8 Å². The molecule has 43 heavy (non-hydrogen) atoms. The molecule has 2 aliphatic rings. The van der Waals surface area contributed by atoms with Crippen molar-refractivity contribution in [2.45, 2.75) is 62.9 Å². The van der Waals surface area contributed by atoms with Gasteiger partial charge < -0.3 is 19.1 Å². The summed E-state index contributed by atoms with van der Waals surface area (Å²) in [6, 6.07) is 0. The number of hydrogen-bond acceptors (Lipinski definition) is 15. The predicted octanol–water partition coefficient (Wildman–Crippen LogP) is 2.33. The molecule has 0 radical (unpaired) electrons. The maximum absolute atomic E-state index is 14.2. The van der Waals surface area contributed by atoms with Crippen LogP contribution in [0.3, 0.4) is 0 Å². The van der Waals surface area contributed by atoms with Gasteiger partial charge in [-0.05, 0) is 27.7 Å². The van der Waals surface area contributed by atoms with Crippen molar-refractivity contribution in [2.24, 2.45) is 0 Å². The first kappa shape index (κ1) is 36.8. The van der Waals surface area contributed by atoms with E-state index < -0.39 is 64.4 Å². The highest BCUT2D eigenvalue weighted by Crippen LogP contribution is 2.50. The van der Waals surface area contributed by atoms with Crippen LogP contribution >= 0.6 is 42.3 Å². The number of imide groups is 2. The third kappa shape index (κ3) is 11.9. The maximum Gasteiger partial charge on any atom is 0.348 e. The number of nitrogens with zero attached hydrogens (tertiary/aromatic N) is 2. The van der Waals surface area contributed by atoms with E-state index in [4.69, 9.17) is 19.1 Å². The van der Waals surface area contributed by atoms with Gasteiger partial charge in [-0.15, -0.1) is 33.7 Å². The topological polar surface area (TPSA) is 180 Å². The van der Waals surface area contributed by atoms with E-state index >= 15 is 0 Å². The van der Waals surface area contributed by atoms with Gasteiger partial charge in [0.2, 0.25) is 0 Å². The van der Waals surface area contributed by atoms with E-state index in [9.17, 15) is 42.6 Å². The highest BCUT2D eigenvalue weighted by Gasteiger charge is 2.40. The molecule has 0 bridgehead atoms. The molecule has 0 aromatic heterocycles. The Bertz CT molecular complexity index is 1110. The lowest BCUT2D eigenvalue weighted by Gasteiger charge is -2.23. The molecule has 0 aromatic rings. The first-order chi connectivity index (χ1) is 20.0. The number of ether oxygens (including phenoxy) is 2. The molecular weight excluding hydrogens is 654 g/mol. The Morgan fingerprint density at radius 2 is 1.09 bits per heavy atom. The van der Waals surface area contributed by atoms with Crippen molar-refractivity contribution in [3.05, 3.63) is 0 Å². The lowest BCUT2D eigenvalue weighted by atomic mass is 10.2. The van der Waals surface area contributed by atoms with Crippen molar-refractivity contribution >= 4 is 89.8 Å². The summed E-state index contributed by atoms with van der Waals surface area (Å²) in [5.41, 5.74) is 0. The summed E-state index contributed by atoms with van der Waals surface area (Å²) in [6.45, 7) is 5.55. The van der Waals surface area contributed by atoms with E-state index in [0.717, 1.165) is 34.9 Å². The van der Waals surface area contributed by atoms with Gasteiger partial charge in [-0.1, -0.05) is 11.4 Å². The summed E-state index contributed by atoms with van der Waals surface area (Å²) in [6.07, 6.45) is -0.227. The second-order valence-electron chi connectivity index (χ2n) is 9.83. The molecular formula is C24H32FN2O12PS3. The number of carbonyl (C=O) groups is 8. The fourth-order valence-electron chi connectivity index (χ4n) is 2.97. The molecule has 0 saturated carbocycles. The van der Waals surface area contributed by atoms with Crippen molar-refractivity contribution in [2.75, 3.05) is 36.6 Å². The predicted molar refractivity (Wildman–Crippen MR) is 155 cm³/mol. The molecule has 19 heteroatoms. The molecule has 2 rings (SSSR count). The summed E-state index contributed by atoms with van der Waals surface area (Å²) in [7, 11) is -2.08. The van der Waals surface area contributed by atoms with Gasteiger partial charge in [0.05, 0.1) is 18.1 Å². The normalized spacial score (nSPS) is 16.4. The number of amides is 4. The van der Waals surface area contributed by atoms with Crippen molar-refractivity contribution in [3.8, 4) is 0 Å². The second-order valence-corrected chi connectivity index (χ2v) is 16.7. The number of esters is 2. The molecule has 1 unspecified atom stereocenters. The van der Waals surface area contributed by atoms with Gasteiger partial charge in [-0.2, -0.15) is 0 Å². The van der Waals surface area contributed by atoms with Gasteiger partial charge >= 0.3 is 23.9 Å². The van der Waals surface area contributed by atoms with Crippen molar-refractivity contribution in [1.82, 2.24) is 10.1 Å². The van der Waals surface area contributed by atoms with E-state index in [2.05, 4.69) is 0 Å². The molecule has 2 heterocycles. The van der Waals surface area contributed by atoms with Gasteiger partial charge in [0.15, 0.2) is 0 Å². The van der Waals surface area contributed by atoms with E-state index in [-0.39, 0.29) is 62.3 Å². The zero-order chi connectivity index (χ0) is 32.4. The van der Waals surface area contributed by atoms with Crippen LogP contribution in [0, 0.1) is 0 Å². The van der Waals surface area contributed by atoms with Crippen LogP contribution in [0.15, 0.2) is 0 Å². The summed E-state index contributed by atoms with van der Waals surface area (Å²) in [5.74, 6) is -5.89. The second kappa shape index (κ2) is 16.6. The van der Waals surface area contributed by atoms with Crippen molar-refractivity contribution in [1.29, 1.82) is 0 Å². The third-order valence-corrected chi connectivity index (χ3v) is 11.2. The Kier molecular flexibility index (Phi) is 14.2. The molecule has 2 fully saturated rings. The molecule has 0 spiro atoms. The zero-order valence-corrected chi connectivity index (χ0v) is 27.3. The first-order valence-electron chi connectivity index (χ1n) is 12.8. The molecule has 4 amide bonds. The molecule has 2 saturated heterocycles.